The van der Waals surface area contributed by atoms with Crippen LogP contribution in [0.5, 0.6) is 17.2 Å². The summed E-state index contributed by atoms with van der Waals surface area (Å²) < 4.78 is 21.4. The van der Waals surface area contributed by atoms with Gasteiger partial charge < -0.3 is 24.3 Å². The first-order valence-corrected chi connectivity index (χ1v) is 14.2. The molecule has 1 aromatic heterocycles. The Morgan fingerprint density at radius 3 is 2.40 bits per heavy atom. The van der Waals surface area contributed by atoms with E-state index in [9.17, 15) is 19.2 Å². The van der Waals surface area contributed by atoms with E-state index in [2.05, 4.69) is 15.8 Å². The number of hydrogen-bond donors (Lipinski definition) is 2. The Bertz CT molecular complexity index is 1500. The number of anilines is 1. The van der Waals surface area contributed by atoms with Gasteiger partial charge in [-0.2, -0.15) is 5.10 Å². The molecule has 0 bridgehead atoms. The lowest BCUT2D eigenvalue weighted by molar-refractivity contribution is -0.136. The fourth-order valence-corrected chi connectivity index (χ4v) is 5.58. The summed E-state index contributed by atoms with van der Waals surface area (Å²) in [5.74, 6) is -1.98. The number of carbonyl (C=O) groups is 4. The van der Waals surface area contributed by atoms with E-state index in [1.807, 2.05) is 6.92 Å². The molecule has 2 N–H and O–H groups in total. The van der Waals surface area contributed by atoms with Crippen molar-refractivity contribution in [1.82, 2.24) is 5.43 Å². The van der Waals surface area contributed by atoms with Crippen LogP contribution < -0.4 is 25.0 Å². The van der Waals surface area contributed by atoms with Crippen LogP contribution in [0.15, 0.2) is 47.6 Å². The number of nitrogens with one attached hydrogen (secondary N) is 2. The first-order chi connectivity index (χ1) is 20.3. The molecule has 12 heteroatoms. The maximum Gasteiger partial charge on any atom is 0.343 e. The highest BCUT2D eigenvalue weighted by atomic mass is 32.1. The predicted molar refractivity (Wildman–Crippen MR) is 157 cm³/mol. The molecule has 42 heavy (non-hydrogen) atoms. The molecule has 0 fully saturated rings. The zero-order chi connectivity index (χ0) is 30.1. The number of hydrogen-bond acceptors (Lipinski definition) is 10. The van der Waals surface area contributed by atoms with Crippen LogP contribution >= 0.6 is 11.3 Å². The number of nitrogens with zero attached hydrogens (tertiary/aromatic N) is 1. The van der Waals surface area contributed by atoms with Crippen LogP contribution in [0.4, 0.5) is 5.00 Å². The molecule has 2 aromatic carbocycles. The fourth-order valence-electron chi connectivity index (χ4n) is 4.31. The molecule has 1 aliphatic rings. The van der Waals surface area contributed by atoms with Gasteiger partial charge in [0.2, 0.25) is 0 Å². The second-order valence-corrected chi connectivity index (χ2v) is 10.2. The molecule has 0 spiro atoms. The number of benzene rings is 2. The Balaban J connectivity index is 1.37. The number of rotatable bonds is 10. The van der Waals surface area contributed by atoms with Crippen molar-refractivity contribution in [3.8, 4) is 17.2 Å². The molecular formula is C30H31N3O8S. The number of esters is 2. The average molecular weight is 594 g/mol. The maximum absolute atomic E-state index is 12.6. The van der Waals surface area contributed by atoms with E-state index >= 15 is 0 Å². The van der Waals surface area contributed by atoms with Crippen LogP contribution in [-0.4, -0.2) is 50.3 Å². The number of fused-ring (bicyclic) bond motifs is 1. The summed E-state index contributed by atoms with van der Waals surface area (Å²) >= 11 is 1.29. The van der Waals surface area contributed by atoms with E-state index in [1.54, 1.807) is 43.3 Å². The van der Waals surface area contributed by atoms with E-state index in [0.29, 0.717) is 34.0 Å². The van der Waals surface area contributed by atoms with Crippen LogP contribution in [0, 0.1) is 0 Å². The van der Waals surface area contributed by atoms with Gasteiger partial charge >= 0.3 is 23.8 Å². The van der Waals surface area contributed by atoms with Crippen molar-refractivity contribution < 1.29 is 38.1 Å². The molecule has 4 rings (SSSR count). The third kappa shape index (κ3) is 7.32. The number of carbonyl (C=O) groups excluding carboxylic acids is 4. The van der Waals surface area contributed by atoms with Crippen molar-refractivity contribution >= 4 is 46.3 Å². The van der Waals surface area contributed by atoms with E-state index in [4.69, 9.17) is 18.9 Å². The molecule has 0 saturated heterocycles. The molecule has 2 amide bonds. The molecule has 11 nitrogen and oxygen atoms in total. The zero-order valence-corrected chi connectivity index (χ0v) is 24.3. The lowest BCUT2D eigenvalue weighted by Crippen LogP contribution is -2.32. The zero-order valence-electron chi connectivity index (χ0n) is 23.5. The summed E-state index contributed by atoms with van der Waals surface area (Å²) in [6.07, 6.45) is 4.77. The summed E-state index contributed by atoms with van der Waals surface area (Å²) in [5.41, 5.74) is 4.21. The van der Waals surface area contributed by atoms with E-state index in [1.165, 1.54) is 30.7 Å². The van der Waals surface area contributed by atoms with Gasteiger partial charge in [-0.1, -0.05) is 0 Å². The van der Waals surface area contributed by atoms with E-state index in [-0.39, 0.29) is 18.1 Å². The Hall–Kier alpha value is -4.71. The smallest absolute Gasteiger partial charge is 0.343 e. The summed E-state index contributed by atoms with van der Waals surface area (Å²) in [5, 5.41) is 6.68. The number of aryl methyl sites for hydroxylation is 1. The largest absolute Gasteiger partial charge is 0.494 e. The summed E-state index contributed by atoms with van der Waals surface area (Å²) in [6.45, 7) is 4.29. The van der Waals surface area contributed by atoms with Gasteiger partial charge in [-0.3, -0.25) is 9.59 Å². The fraction of sp³-hybridized carbons (Fsp3) is 0.300. The molecule has 0 unspecified atom stereocenters. The summed E-state index contributed by atoms with van der Waals surface area (Å²) in [7, 11) is 1.42. The SMILES string of the molecule is CCOC(=O)c1c(NC(=O)C(=O)NN=Cc2ccc(OC(=O)c3ccc(OCC)cc3)c(OC)c2)sc2c1CCCC2. The third-order valence-corrected chi connectivity index (χ3v) is 7.46. The highest BCUT2D eigenvalue weighted by Gasteiger charge is 2.28. The van der Waals surface area contributed by atoms with Gasteiger partial charge in [0, 0.05) is 4.88 Å². The van der Waals surface area contributed by atoms with Gasteiger partial charge in [-0.25, -0.2) is 15.0 Å². The van der Waals surface area contributed by atoms with Crippen molar-refractivity contribution in [3.63, 3.8) is 0 Å². The molecule has 0 atom stereocenters. The lowest BCUT2D eigenvalue weighted by atomic mass is 9.95. The molecule has 1 aliphatic carbocycles. The van der Waals surface area contributed by atoms with Gasteiger partial charge in [0.25, 0.3) is 0 Å². The van der Waals surface area contributed by atoms with Crippen LogP contribution in [0.2, 0.25) is 0 Å². The van der Waals surface area contributed by atoms with E-state index < -0.39 is 23.8 Å². The Morgan fingerprint density at radius 1 is 0.929 bits per heavy atom. The average Bonchev–Trinajstić information content (AvgIpc) is 3.36. The Labute approximate surface area is 246 Å². The third-order valence-electron chi connectivity index (χ3n) is 6.26. The summed E-state index contributed by atoms with van der Waals surface area (Å²) in [4.78, 5) is 51.2. The molecule has 0 aliphatic heterocycles. The van der Waals surface area contributed by atoms with Crippen LogP contribution in [0.25, 0.3) is 0 Å². The first-order valence-electron chi connectivity index (χ1n) is 13.4. The number of methoxy groups -OCH3 is 1. The van der Waals surface area contributed by atoms with Crippen molar-refractivity contribution in [2.75, 3.05) is 25.6 Å². The number of thiophene rings is 1. The van der Waals surface area contributed by atoms with Crippen LogP contribution in [0.1, 0.15) is 63.4 Å². The van der Waals surface area contributed by atoms with Crippen molar-refractivity contribution in [1.29, 1.82) is 0 Å². The second-order valence-electron chi connectivity index (χ2n) is 9.05. The lowest BCUT2D eigenvalue weighted by Gasteiger charge is -2.12. The molecule has 0 radical (unpaired) electrons. The standard InChI is InChI=1S/C30H31N3O8S/c1-4-39-20-13-11-19(12-14-20)29(36)41-22-15-10-18(16-23(22)38-3)17-31-33-27(35)26(34)32-28-25(30(37)40-5-2)21-8-6-7-9-24(21)42-28/h10-17H,4-9H2,1-3H3,(H,32,34)(H,33,35). The van der Waals surface area contributed by atoms with Crippen molar-refractivity contribution in [2.24, 2.45) is 5.10 Å². The molecular weight excluding hydrogens is 562 g/mol. The summed E-state index contributed by atoms with van der Waals surface area (Å²) in [6, 6.07) is 11.2. The monoisotopic (exact) mass is 593 g/mol. The normalized spacial score (nSPS) is 12.3. The van der Waals surface area contributed by atoms with Gasteiger partial charge in [0.15, 0.2) is 11.5 Å². The van der Waals surface area contributed by atoms with Gasteiger partial charge in [-0.05, 0) is 93.1 Å². The second kappa shape index (κ2) is 14.3. The van der Waals surface area contributed by atoms with Crippen LogP contribution in [-0.2, 0) is 27.2 Å². The van der Waals surface area contributed by atoms with Gasteiger partial charge in [0.1, 0.15) is 10.8 Å². The molecule has 3 aromatic rings. The minimum Gasteiger partial charge on any atom is -0.494 e. The number of ether oxygens (including phenoxy) is 4. The predicted octanol–water partition coefficient (Wildman–Crippen LogP) is 4.52. The van der Waals surface area contributed by atoms with Crippen LogP contribution in [0.3, 0.4) is 0 Å². The topological polar surface area (TPSA) is 142 Å². The number of hydrazone groups is 1. The minimum absolute atomic E-state index is 0.188. The maximum atomic E-state index is 12.6. The first kappa shape index (κ1) is 30.3. The number of amides is 2. The van der Waals surface area contributed by atoms with Crippen molar-refractivity contribution in [3.05, 3.63) is 69.6 Å². The van der Waals surface area contributed by atoms with Gasteiger partial charge in [0.05, 0.1) is 37.7 Å². The minimum atomic E-state index is -1.01. The molecule has 0 saturated carbocycles. The Morgan fingerprint density at radius 2 is 1.69 bits per heavy atom. The quantitative estimate of drug-likeness (QED) is 0.115. The Kier molecular flexibility index (Phi) is 10.3. The highest BCUT2D eigenvalue weighted by Crippen LogP contribution is 2.38. The van der Waals surface area contributed by atoms with Crippen molar-refractivity contribution in [2.45, 2.75) is 39.5 Å². The van der Waals surface area contributed by atoms with E-state index in [0.717, 1.165) is 36.1 Å². The molecule has 220 valence electrons. The van der Waals surface area contributed by atoms with Gasteiger partial charge in [-0.15, -0.1) is 11.3 Å². The molecule has 1 heterocycles. The highest BCUT2D eigenvalue weighted by molar-refractivity contribution is 7.17.